The van der Waals surface area contributed by atoms with Crippen molar-refractivity contribution < 1.29 is 5.11 Å². The molecular formula is C12H16N4O. The van der Waals surface area contributed by atoms with Crippen molar-refractivity contribution in [1.82, 2.24) is 10.2 Å². The second-order valence-electron chi connectivity index (χ2n) is 4.07. The van der Waals surface area contributed by atoms with E-state index < -0.39 is 6.10 Å². The van der Waals surface area contributed by atoms with Crippen LogP contribution in [0.25, 0.3) is 10.8 Å². The summed E-state index contributed by atoms with van der Waals surface area (Å²) in [6.07, 6.45) is 1.17. The van der Waals surface area contributed by atoms with Crippen LogP contribution >= 0.6 is 0 Å². The van der Waals surface area contributed by atoms with E-state index in [9.17, 15) is 5.11 Å². The molecule has 0 aliphatic heterocycles. The molecule has 0 spiro atoms. The summed E-state index contributed by atoms with van der Waals surface area (Å²) >= 11 is 0. The van der Waals surface area contributed by atoms with Crippen molar-refractivity contribution in [2.75, 3.05) is 11.9 Å². The summed E-state index contributed by atoms with van der Waals surface area (Å²) in [5.74, 6) is 0.694. The predicted molar refractivity (Wildman–Crippen MR) is 67.7 cm³/mol. The molecule has 5 nitrogen and oxygen atoms in total. The van der Waals surface area contributed by atoms with Gasteiger partial charge in [0.15, 0.2) is 5.82 Å². The zero-order valence-electron chi connectivity index (χ0n) is 9.67. The van der Waals surface area contributed by atoms with Crippen molar-refractivity contribution in [2.45, 2.75) is 19.1 Å². The minimum Gasteiger partial charge on any atom is -0.392 e. The summed E-state index contributed by atoms with van der Waals surface area (Å²) in [7, 11) is 0. The van der Waals surface area contributed by atoms with Crippen LogP contribution in [-0.2, 0) is 0 Å². The van der Waals surface area contributed by atoms with E-state index in [2.05, 4.69) is 15.5 Å². The monoisotopic (exact) mass is 232 g/mol. The lowest BCUT2D eigenvalue weighted by molar-refractivity contribution is 0.168. The fourth-order valence-electron chi connectivity index (χ4n) is 1.54. The fourth-order valence-corrected chi connectivity index (χ4v) is 1.54. The molecule has 2 unspecified atom stereocenters. The number of anilines is 1. The lowest BCUT2D eigenvalue weighted by atomic mass is 10.1. The summed E-state index contributed by atoms with van der Waals surface area (Å²) in [4.78, 5) is 0. The highest BCUT2D eigenvalue weighted by molar-refractivity contribution is 5.90. The molecule has 0 radical (unpaired) electrons. The number of aliphatic hydroxyl groups excluding tert-OH is 1. The van der Waals surface area contributed by atoms with Crippen LogP contribution in [0.4, 0.5) is 5.82 Å². The third-order valence-electron chi connectivity index (χ3n) is 2.70. The van der Waals surface area contributed by atoms with Crippen LogP contribution in [0.15, 0.2) is 30.5 Å². The number of aromatic nitrogens is 2. The Morgan fingerprint density at radius 1 is 1.41 bits per heavy atom. The zero-order chi connectivity index (χ0) is 12.3. The molecule has 0 aliphatic carbocycles. The molecule has 0 fully saturated rings. The minimum absolute atomic E-state index is 0.323. The van der Waals surface area contributed by atoms with Crippen molar-refractivity contribution in [3.63, 3.8) is 0 Å². The van der Waals surface area contributed by atoms with Crippen molar-refractivity contribution in [3.05, 3.63) is 30.5 Å². The molecule has 2 aromatic rings. The molecule has 0 saturated carbocycles. The van der Waals surface area contributed by atoms with Gasteiger partial charge in [-0.3, -0.25) is 0 Å². The third-order valence-corrected chi connectivity index (χ3v) is 2.70. The van der Waals surface area contributed by atoms with Gasteiger partial charge in [-0.2, -0.15) is 5.10 Å². The molecule has 2 atom stereocenters. The van der Waals surface area contributed by atoms with Gasteiger partial charge in [0.1, 0.15) is 0 Å². The largest absolute Gasteiger partial charge is 0.392 e. The maximum Gasteiger partial charge on any atom is 0.156 e. The van der Waals surface area contributed by atoms with E-state index in [0.29, 0.717) is 12.4 Å². The Hall–Kier alpha value is -1.72. The molecule has 17 heavy (non-hydrogen) atoms. The van der Waals surface area contributed by atoms with Crippen LogP contribution in [0.3, 0.4) is 0 Å². The average molecular weight is 232 g/mol. The van der Waals surface area contributed by atoms with Crippen LogP contribution in [0.5, 0.6) is 0 Å². The molecule has 0 amide bonds. The summed E-state index contributed by atoms with van der Waals surface area (Å²) in [5, 5.41) is 22.4. The van der Waals surface area contributed by atoms with Crippen LogP contribution in [0, 0.1) is 0 Å². The fraction of sp³-hybridized carbons (Fsp3) is 0.333. The number of aliphatic hydroxyl groups is 1. The van der Waals surface area contributed by atoms with Crippen LogP contribution in [0.2, 0.25) is 0 Å². The Bertz CT molecular complexity index is 495. The first-order valence-electron chi connectivity index (χ1n) is 5.56. The van der Waals surface area contributed by atoms with Crippen molar-refractivity contribution >= 4 is 16.6 Å². The highest BCUT2D eigenvalue weighted by atomic mass is 16.3. The topological polar surface area (TPSA) is 84.1 Å². The summed E-state index contributed by atoms with van der Waals surface area (Å²) in [5.41, 5.74) is 5.75. The summed E-state index contributed by atoms with van der Waals surface area (Å²) < 4.78 is 0. The van der Waals surface area contributed by atoms with Crippen LogP contribution in [-0.4, -0.2) is 34.0 Å². The van der Waals surface area contributed by atoms with Gasteiger partial charge in [0.25, 0.3) is 0 Å². The quantitative estimate of drug-likeness (QED) is 0.724. The van der Waals surface area contributed by atoms with E-state index in [1.165, 1.54) is 0 Å². The maximum atomic E-state index is 9.31. The summed E-state index contributed by atoms with van der Waals surface area (Å²) in [6, 6.07) is 7.53. The molecule has 1 aromatic carbocycles. The lowest BCUT2D eigenvalue weighted by Gasteiger charge is -2.16. The first-order chi connectivity index (χ1) is 8.18. The van der Waals surface area contributed by atoms with E-state index in [1.54, 1.807) is 13.1 Å². The molecule has 90 valence electrons. The molecule has 0 saturated heterocycles. The van der Waals surface area contributed by atoms with Gasteiger partial charge in [-0.15, -0.1) is 5.10 Å². The van der Waals surface area contributed by atoms with E-state index >= 15 is 0 Å². The second kappa shape index (κ2) is 5.07. The van der Waals surface area contributed by atoms with Gasteiger partial charge < -0.3 is 16.2 Å². The third kappa shape index (κ3) is 2.69. The summed E-state index contributed by atoms with van der Waals surface area (Å²) in [6.45, 7) is 2.13. The molecule has 0 aliphatic rings. The molecule has 2 rings (SSSR count). The average Bonchev–Trinajstić information content (AvgIpc) is 2.35. The molecule has 1 heterocycles. The van der Waals surface area contributed by atoms with Gasteiger partial charge in [0.2, 0.25) is 0 Å². The van der Waals surface area contributed by atoms with Gasteiger partial charge in [0, 0.05) is 23.4 Å². The van der Waals surface area contributed by atoms with Crippen molar-refractivity contribution in [2.24, 2.45) is 5.73 Å². The minimum atomic E-state index is -0.551. The van der Waals surface area contributed by atoms with E-state index in [4.69, 9.17) is 5.73 Å². The highest BCUT2D eigenvalue weighted by Crippen LogP contribution is 2.18. The smallest absolute Gasteiger partial charge is 0.156 e. The Balaban J connectivity index is 2.19. The van der Waals surface area contributed by atoms with Crippen LogP contribution in [0.1, 0.15) is 6.92 Å². The molecule has 5 heteroatoms. The van der Waals surface area contributed by atoms with E-state index in [0.717, 1.165) is 10.8 Å². The number of nitrogens with zero attached hydrogens (tertiary/aromatic N) is 2. The molecule has 0 bridgehead atoms. The Morgan fingerprint density at radius 3 is 2.94 bits per heavy atom. The SMILES string of the molecule is CC(O)C(N)CNc1nncc2ccccc12. The predicted octanol–water partition coefficient (Wildman–Crippen LogP) is 0.750. The second-order valence-corrected chi connectivity index (χ2v) is 4.07. The first kappa shape index (κ1) is 11.8. The Labute approximate surface area is 99.7 Å². The van der Waals surface area contributed by atoms with Crippen LogP contribution < -0.4 is 11.1 Å². The number of rotatable bonds is 4. The Morgan fingerprint density at radius 2 is 2.18 bits per heavy atom. The van der Waals surface area contributed by atoms with Crippen molar-refractivity contribution in [1.29, 1.82) is 0 Å². The van der Waals surface area contributed by atoms with Crippen molar-refractivity contribution in [3.8, 4) is 0 Å². The van der Waals surface area contributed by atoms with E-state index in [-0.39, 0.29) is 6.04 Å². The number of nitrogens with two attached hydrogens (primary N) is 1. The number of hydrogen-bond donors (Lipinski definition) is 3. The van der Waals surface area contributed by atoms with Gasteiger partial charge in [-0.05, 0) is 6.92 Å². The standard InChI is InChI=1S/C12H16N4O/c1-8(17)11(13)7-14-12-10-5-3-2-4-9(10)6-15-16-12/h2-6,8,11,17H,7,13H2,1H3,(H,14,16). The number of benzene rings is 1. The van der Waals surface area contributed by atoms with Gasteiger partial charge in [-0.25, -0.2) is 0 Å². The zero-order valence-corrected chi connectivity index (χ0v) is 9.67. The highest BCUT2D eigenvalue weighted by Gasteiger charge is 2.10. The molecule has 1 aromatic heterocycles. The number of nitrogens with one attached hydrogen (secondary N) is 1. The van der Waals surface area contributed by atoms with E-state index in [1.807, 2.05) is 24.3 Å². The number of fused-ring (bicyclic) bond motifs is 1. The van der Waals surface area contributed by atoms with Gasteiger partial charge in [0.05, 0.1) is 12.3 Å². The Kier molecular flexibility index (Phi) is 3.51. The number of hydrogen-bond acceptors (Lipinski definition) is 5. The van der Waals surface area contributed by atoms with Gasteiger partial charge in [-0.1, -0.05) is 24.3 Å². The first-order valence-corrected chi connectivity index (χ1v) is 5.56. The van der Waals surface area contributed by atoms with Gasteiger partial charge >= 0.3 is 0 Å². The maximum absolute atomic E-state index is 9.31. The molecular weight excluding hydrogens is 216 g/mol. The lowest BCUT2D eigenvalue weighted by Crippen LogP contribution is -2.38. The normalized spacial score (nSPS) is 14.5. The molecule has 4 N–H and O–H groups in total.